The van der Waals surface area contributed by atoms with E-state index in [1.807, 2.05) is 24.4 Å². The molecule has 122 valence electrons. The van der Waals surface area contributed by atoms with Crippen molar-refractivity contribution in [3.63, 3.8) is 0 Å². The predicted molar refractivity (Wildman–Crippen MR) is 84.6 cm³/mol. The van der Waals surface area contributed by atoms with Gasteiger partial charge in [0.05, 0.1) is 12.5 Å². The third kappa shape index (κ3) is 6.26. The molecule has 0 aliphatic carbocycles. The van der Waals surface area contributed by atoms with Crippen LogP contribution < -0.4 is 10.6 Å². The smallest absolute Gasteiger partial charge is 0.326 e. The lowest BCUT2D eigenvalue weighted by Gasteiger charge is -2.19. The van der Waals surface area contributed by atoms with E-state index in [0.29, 0.717) is 6.42 Å². The fourth-order valence-corrected chi connectivity index (χ4v) is 2.84. The van der Waals surface area contributed by atoms with E-state index in [9.17, 15) is 14.4 Å². The number of hydrogen-bond donors (Lipinski definition) is 3. The zero-order valence-electron chi connectivity index (χ0n) is 12.8. The molecular formula is C15H22N2O4S. The van der Waals surface area contributed by atoms with E-state index in [4.69, 9.17) is 5.11 Å². The number of carboxylic acids is 1. The molecule has 1 aromatic rings. The first-order valence-electron chi connectivity index (χ1n) is 7.26. The van der Waals surface area contributed by atoms with Crippen molar-refractivity contribution in [3.8, 4) is 0 Å². The minimum absolute atomic E-state index is 0.0238. The van der Waals surface area contributed by atoms with Crippen LogP contribution in [0.1, 0.15) is 50.4 Å². The van der Waals surface area contributed by atoms with Crippen LogP contribution in [0.3, 0.4) is 0 Å². The van der Waals surface area contributed by atoms with Crippen molar-refractivity contribution >= 4 is 29.1 Å². The summed E-state index contributed by atoms with van der Waals surface area (Å²) in [5.74, 6) is -1.64. The van der Waals surface area contributed by atoms with Crippen LogP contribution in [0.5, 0.6) is 0 Å². The molecule has 2 amide bonds. The number of rotatable bonds is 9. The number of carboxylic acid groups (broad SMARTS) is 1. The van der Waals surface area contributed by atoms with Crippen LogP contribution in [0.4, 0.5) is 0 Å². The summed E-state index contributed by atoms with van der Waals surface area (Å²) in [4.78, 5) is 35.4. The van der Waals surface area contributed by atoms with Crippen molar-refractivity contribution in [2.24, 2.45) is 0 Å². The van der Waals surface area contributed by atoms with Crippen LogP contribution in [0.15, 0.2) is 17.5 Å². The fourth-order valence-electron chi connectivity index (χ4n) is 2.06. The summed E-state index contributed by atoms with van der Waals surface area (Å²) >= 11 is 1.44. The number of nitrogens with one attached hydrogen (secondary N) is 2. The van der Waals surface area contributed by atoms with Gasteiger partial charge in [-0.2, -0.15) is 0 Å². The third-order valence-corrected chi connectivity index (χ3v) is 4.12. The molecule has 1 heterocycles. The predicted octanol–water partition coefficient (Wildman–Crippen LogP) is 2.07. The summed E-state index contributed by atoms with van der Waals surface area (Å²) in [5, 5.41) is 16.2. The maximum Gasteiger partial charge on any atom is 0.326 e. The van der Waals surface area contributed by atoms with Gasteiger partial charge in [-0.15, -0.1) is 11.3 Å². The zero-order chi connectivity index (χ0) is 16.5. The average Bonchev–Trinajstić information content (AvgIpc) is 2.96. The summed E-state index contributed by atoms with van der Waals surface area (Å²) in [6.07, 6.45) is 2.03. The monoisotopic (exact) mass is 326 g/mol. The van der Waals surface area contributed by atoms with Gasteiger partial charge in [-0.25, -0.2) is 4.79 Å². The molecule has 0 saturated carbocycles. The summed E-state index contributed by atoms with van der Waals surface area (Å²) in [7, 11) is 0. The lowest BCUT2D eigenvalue weighted by Crippen LogP contribution is -2.42. The van der Waals surface area contributed by atoms with Crippen molar-refractivity contribution in [3.05, 3.63) is 22.4 Å². The minimum Gasteiger partial charge on any atom is -0.480 e. The second-order valence-electron chi connectivity index (χ2n) is 5.07. The highest BCUT2D eigenvalue weighted by molar-refractivity contribution is 7.10. The van der Waals surface area contributed by atoms with Gasteiger partial charge in [0.2, 0.25) is 11.8 Å². The number of thiophene rings is 1. The van der Waals surface area contributed by atoms with Gasteiger partial charge in [-0.3, -0.25) is 9.59 Å². The van der Waals surface area contributed by atoms with Crippen LogP contribution >= 0.6 is 11.3 Å². The second kappa shape index (κ2) is 9.19. The zero-order valence-corrected chi connectivity index (χ0v) is 13.6. The largest absolute Gasteiger partial charge is 0.480 e. The van der Waals surface area contributed by atoms with Crippen LogP contribution in [-0.4, -0.2) is 28.9 Å². The number of aliphatic carboxylic acids is 1. The van der Waals surface area contributed by atoms with Gasteiger partial charge in [-0.1, -0.05) is 25.8 Å². The Labute approximate surface area is 133 Å². The molecule has 0 bridgehead atoms. The minimum atomic E-state index is -1.03. The van der Waals surface area contributed by atoms with Crippen LogP contribution in [0.25, 0.3) is 0 Å². The maximum atomic E-state index is 12.1. The van der Waals surface area contributed by atoms with E-state index in [1.165, 1.54) is 18.3 Å². The lowest BCUT2D eigenvalue weighted by atomic mass is 10.1. The van der Waals surface area contributed by atoms with E-state index in [2.05, 4.69) is 10.6 Å². The van der Waals surface area contributed by atoms with E-state index >= 15 is 0 Å². The average molecular weight is 326 g/mol. The molecule has 0 aliphatic rings. The molecule has 0 aliphatic heterocycles. The Balaban J connectivity index is 2.65. The molecule has 2 atom stereocenters. The third-order valence-electron chi connectivity index (χ3n) is 3.13. The summed E-state index contributed by atoms with van der Waals surface area (Å²) in [6.45, 7) is 3.35. The van der Waals surface area contributed by atoms with E-state index in [1.54, 1.807) is 0 Å². The number of carbonyl (C=O) groups is 3. The van der Waals surface area contributed by atoms with Gasteiger partial charge in [0.25, 0.3) is 0 Å². The highest BCUT2D eigenvalue weighted by Crippen LogP contribution is 2.22. The van der Waals surface area contributed by atoms with Crippen molar-refractivity contribution in [1.29, 1.82) is 0 Å². The molecule has 3 N–H and O–H groups in total. The van der Waals surface area contributed by atoms with Gasteiger partial charge in [-0.05, 0) is 17.9 Å². The van der Waals surface area contributed by atoms with Crippen molar-refractivity contribution in [2.75, 3.05) is 0 Å². The Morgan fingerprint density at radius 1 is 1.32 bits per heavy atom. The van der Waals surface area contributed by atoms with E-state index < -0.39 is 18.1 Å². The topological polar surface area (TPSA) is 95.5 Å². The Hall–Kier alpha value is -1.89. The lowest BCUT2D eigenvalue weighted by molar-refractivity contribution is -0.142. The number of hydrogen-bond acceptors (Lipinski definition) is 4. The van der Waals surface area contributed by atoms with Crippen molar-refractivity contribution in [1.82, 2.24) is 10.6 Å². The first-order valence-corrected chi connectivity index (χ1v) is 8.14. The van der Waals surface area contributed by atoms with Gasteiger partial charge < -0.3 is 15.7 Å². The van der Waals surface area contributed by atoms with Gasteiger partial charge >= 0.3 is 5.97 Å². The molecule has 7 heteroatoms. The standard InChI is InChI=1S/C15H22N2O4S/c1-3-4-6-11(15(20)21)17-14(19)9-12(16-10(2)18)13-7-5-8-22-13/h5,7-8,11-12H,3-4,6,9H2,1-2H3,(H,16,18)(H,17,19)(H,20,21)/t11-,12?/m0/s1. The Kier molecular flexibility index (Phi) is 7.59. The SMILES string of the molecule is CCCC[C@H](NC(=O)CC(NC(C)=O)c1cccs1)C(=O)O. The van der Waals surface area contributed by atoms with Crippen molar-refractivity contribution in [2.45, 2.75) is 51.6 Å². The van der Waals surface area contributed by atoms with Gasteiger partial charge in [0, 0.05) is 11.8 Å². The Morgan fingerprint density at radius 2 is 2.05 bits per heavy atom. The Bertz CT molecular complexity index is 502. The van der Waals surface area contributed by atoms with E-state index in [0.717, 1.165) is 17.7 Å². The first kappa shape index (κ1) is 18.2. The molecule has 0 radical (unpaired) electrons. The molecule has 22 heavy (non-hydrogen) atoms. The number of amides is 2. The molecule has 1 aromatic heterocycles. The van der Waals surface area contributed by atoms with Crippen molar-refractivity contribution < 1.29 is 19.5 Å². The highest BCUT2D eigenvalue weighted by Gasteiger charge is 2.23. The normalized spacial score (nSPS) is 13.2. The molecule has 1 rings (SSSR count). The molecule has 0 fully saturated rings. The van der Waals surface area contributed by atoms with Crippen LogP contribution in [-0.2, 0) is 14.4 Å². The van der Waals surface area contributed by atoms with E-state index in [-0.39, 0.29) is 18.2 Å². The molecule has 0 saturated heterocycles. The second-order valence-corrected chi connectivity index (χ2v) is 6.05. The Morgan fingerprint density at radius 3 is 2.55 bits per heavy atom. The summed E-state index contributed by atoms with van der Waals surface area (Å²) < 4.78 is 0. The summed E-state index contributed by atoms with van der Waals surface area (Å²) in [6, 6.07) is 2.37. The summed E-state index contributed by atoms with van der Waals surface area (Å²) in [5.41, 5.74) is 0. The molecule has 0 spiro atoms. The highest BCUT2D eigenvalue weighted by atomic mass is 32.1. The van der Waals surface area contributed by atoms with Crippen LogP contribution in [0.2, 0.25) is 0 Å². The van der Waals surface area contributed by atoms with Gasteiger partial charge in [0.15, 0.2) is 0 Å². The first-order chi connectivity index (χ1) is 10.4. The molecule has 6 nitrogen and oxygen atoms in total. The quantitative estimate of drug-likeness (QED) is 0.647. The van der Waals surface area contributed by atoms with Gasteiger partial charge in [0.1, 0.15) is 6.04 Å². The van der Waals surface area contributed by atoms with Crippen LogP contribution in [0, 0.1) is 0 Å². The number of carbonyl (C=O) groups excluding carboxylic acids is 2. The molecule has 1 unspecified atom stereocenters. The number of unbranched alkanes of at least 4 members (excludes halogenated alkanes) is 1. The maximum absolute atomic E-state index is 12.1. The fraction of sp³-hybridized carbons (Fsp3) is 0.533. The molecular weight excluding hydrogens is 304 g/mol. The molecule has 0 aromatic carbocycles.